The number of aromatic nitrogens is 1. The summed E-state index contributed by atoms with van der Waals surface area (Å²) in [7, 11) is 0. The van der Waals surface area contributed by atoms with E-state index in [9.17, 15) is 14.0 Å². The highest BCUT2D eigenvalue weighted by Gasteiger charge is 2.16. The molecule has 0 aliphatic rings. The molecule has 0 fully saturated rings. The summed E-state index contributed by atoms with van der Waals surface area (Å²) >= 11 is 0. The molecular formula is C20H22FNO3. The maximum absolute atomic E-state index is 13.2. The quantitative estimate of drug-likeness (QED) is 0.538. The number of Topliss-reactive ketones (excluding diaryl/α,β-unsaturated/α-hetero) is 1. The highest BCUT2D eigenvalue weighted by molar-refractivity contribution is 6.10. The molecule has 0 aliphatic carbocycles. The molecule has 0 radical (unpaired) electrons. The Morgan fingerprint density at radius 2 is 1.96 bits per heavy atom. The fourth-order valence-corrected chi connectivity index (χ4v) is 2.55. The van der Waals surface area contributed by atoms with Crippen LogP contribution >= 0.6 is 0 Å². The van der Waals surface area contributed by atoms with Gasteiger partial charge in [-0.1, -0.05) is 5.57 Å². The van der Waals surface area contributed by atoms with Crippen LogP contribution in [0.2, 0.25) is 0 Å². The molecule has 0 spiro atoms. The van der Waals surface area contributed by atoms with Crippen molar-refractivity contribution in [2.45, 2.75) is 47.0 Å². The van der Waals surface area contributed by atoms with Crippen LogP contribution in [0.5, 0.6) is 0 Å². The lowest BCUT2D eigenvalue weighted by molar-refractivity contribution is -0.113. The first-order valence-corrected chi connectivity index (χ1v) is 8.22. The average Bonchev–Trinajstić information content (AvgIpc) is 2.98. The minimum Gasteiger partial charge on any atom is -0.441 e. The molecule has 1 heterocycles. The van der Waals surface area contributed by atoms with Crippen molar-refractivity contribution in [1.82, 2.24) is 4.98 Å². The van der Waals surface area contributed by atoms with Crippen LogP contribution in [0.4, 0.5) is 4.39 Å². The predicted octanol–water partition coefficient (Wildman–Crippen LogP) is 4.73. The number of aryl methyl sites for hydroxylation is 1. The van der Waals surface area contributed by atoms with Crippen molar-refractivity contribution in [1.29, 1.82) is 0 Å². The number of fused-ring (bicyclic) bond motifs is 1. The van der Waals surface area contributed by atoms with Crippen molar-refractivity contribution in [3.05, 3.63) is 52.2 Å². The second kappa shape index (κ2) is 8.01. The maximum Gasteiger partial charge on any atom is 0.195 e. The number of ketones is 1. The molecule has 0 aliphatic heterocycles. The van der Waals surface area contributed by atoms with E-state index in [1.165, 1.54) is 12.1 Å². The second-order valence-corrected chi connectivity index (χ2v) is 6.31. The van der Waals surface area contributed by atoms with Crippen molar-refractivity contribution in [2.75, 3.05) is 0 Å². The molecule has 0 saturated carbocycles. The van der Waals surface area contributed by atoms with E-state index in [2.05, 4.69) is 4.98 Å². The third kappa shape index (κ3) is 4.50. The van der Waals surface area contributed by atoms with Gasteiger partial charge in [0, 0.05) is 18.1 Å². The summed E-state index contributed by atoms with van der Waals surface area (Å²) in [5.74, 6) is 0.0714. The van der Waals surface area contributed by atoms with Crippen LogP contribution in [0.15, 0.2) is 44.9 Å². The number of allylic oxidation sites excluding steroid dienone is 4. The van der Waals surface area contributed by atoms with Crippen LogP contribution in [0.1, 0.15) is 46.4 Å². The van der Waals surface area contributed by atoms with Gasteiger partial charge < -0.3 is 4.42 Å². The lowest BCUT2D eigenvalue weighted by Crippen LogP contribution is -2.09. The lowest BCUT2D eigenvalue weighted by atomic mass is 9.94. The third-order valence-corrected chi connectivity index (χ3v) is 4.20. The van der Waals surface area contributed by atoms with E-state index >= 15 is 0 Å². The summed E-state index contributed by atoms with van der Waals surface area (Å²) in [4.78, 5) is 27.8. The van der Waals surface area contributed by atoms with Gasteiger partial charge in [-0.15, -0.1) is 0 Å². The van der Waals surface area contributed by atoms with Gasteiger partial charge in [0.25, 0.3) is 0 Å². The Bertz CT molecular complexity index is 870. The molecule has 0 amide bonds. The zero-order valence-corrected chi connectivity index (χ0v) is 15.0. The molecule has 0 unspecified atom stereocenters. The number of oxazole rings is 1. The van der Waals surface area contributed by atoms with Gasteiger partial charge in [-0.2, -0.15) is 0 Å². The fraction of sp³-hybridized carbons (Fsp3) is 0.350. The predicted molar refractivity (Wildman–Crippen MR) is 94.7 cm³/mol. The maximum atomic E-state index is 13.2. The Morgan fingerprint density at radius 1 is 1.24 bits per heavy atom. The number of carbonyl (C=O) groups excluding carboxylic acids is 2. The standard InChI is InChI=1S/C20H22FNO3/c1-12(2)16(20(24)14(4)13(3)11-23)6-5-7-19-22-17-9-8-15(21)10-18(17)25-19/h8-11H,5-7H2,1-4H3/b14-13-. The van der Waals surface area contributed by atoms with E-state index in [0.29, 0.717) is 59.3 Å². The van der Waals surface area contributed by atoms with Gasteiger partial charge in [0.1, 0.15) is 17.6 Å². The number of aldehydes is 1. The van der Waals surface area contributed by atoms with Gasteiger partial charge in [0.15, 0.2) is 17.3 Å². The summed E-state index contributed by atoms with van der Waals surface area (Å²) in [6.07, 6.45) is 2.50. The molecule has 0 N–H and O–H groups in total. The van der Waals surface area contributed by atoms with E-state index in [1.807, 2.05) is 13.8 Å². The molecular weight excluding hydrogens is 321 g/mol. The van der Waals surface area contributed by atoms with Gasteiger partial charge in [0.05, 0.1) is 0 Å². The third-order valence-electron chi connectivity index (χ3n) is 4.20. The van der Waals surface area contributed by atoms with Crippen molar-refractivity contribution < 1.29 is 18.4 Å². The molecule has 2 aromatic rings. The Labute approximate surface area is 146 Å². The van der Waals surface area contributed by atoms with Gasteiger partial charge in [-0.25, -0.2) is 9.37 Å². The number of halogens is 1. The molecule has 1 aromatic heterocycles. The van der Waals surface area contributed by atoms with Crippen molar-refractivity contribution in [2.24, 2.45) is 0 Å². The number of hydrogen-bond donors (Lipinski definition) is 0. The summed E-state index contributed by atoms with van der Waals surface area (Å²) < 4.78 is 18.7. The fourth-order valence-electron chi connectivity index (χ4n) is 2.55. The topological polar surface area (TPSA) is 60.2 Å². The van der Waals surface area contributed by atoms with E-state index in [0.717, 1.165) is 5.57 Å². The molecule has 0 atom stereocenters. The van der Waals surface area contributed by atoms with E-state index in [4.69, 9.17) is 4.42 Å². The zero-order chi connectivity index (χ0) is 18.6. The molecule has 132 valence electrons. The van der Waals surface area contributed by atoms with E-state index in [1.54, 1.807) is 19.9 Å². The van der Waals surface area contributed by atoms with Crippen LogP contribution in [-0.2, 0) is 16.0 Å². The first-order valence-electron chi connectivity index (χ1n) is 8.22. The van der Waals surface area contributed by atoms with E-state index < -0.39 is 0 Å². The van der Waals surface area contributed by atoms with Crippen LogP contribution in [-0.4, -0.2) is 17.1 Å². The number of carbonyl (C=O) groups is 2. The first kappa shape index (κ1) is 18.8. The number of nitrogens with zero attached hydrogens (tertiary/aromatic N) is 1. The SMILES string of the molecule is CC(C)=C(CCCc1nc2ccc(F)cc2o1)C(=O)/C(C)=C(/C)C=O. The molecule has 5 heteroatoms. The molecule has 1 aromatic carbocycles. The number of benzene rings is 1. The highest BCUT2D eigenvalue weighted by Crippen LogP contribution is 2.21. The summed E-state index contributed by atoms with van der Waals surface area (Å²) in [5.41, 5.74) is 3.61. The Morgan fingerprint density at radius 3 is 2.60 bits per heavy atom. The Balaban J connectivity index is 2.08. The van der Waals surface area contributed by atoms with Crippen LogP contribution < -0.4 is 0 Å². The van der Waals surface area contributed by atoms with E-state index in [-0.39, 0.29) is 11.6 Å². The summed E-state index contributed by atoms with van der Waals surface area (Å²) in [6.45, 7) is 7.09. The van der Waals surface area contributed by atoms with Crippen molar-refractivity contribution in [3.63, 3.8) is 0 Å². The zero-order valence-electron chi connectivity index (χ0n) is 15.0. The normalized spacial score (nSPS) is 12.0. The number of rotatable bonds is 7. The van der Waals surface area contributed by atoms with Gasteiger partial charge in [0.2, 0.25) is 0 Å². The molecule has 25 heavy (non-hydrogen) atoms. The van der Waals surface area contributed by atoms with Gasteiger partial charge in [-0.05, 0) is 63.8 Å². The second-order valence-electron chi connectivity index (χ2n) is 6.31. The molecule has 0 bridgehead atoms. The summed E-state index contributed by atoms with van der Waals surface area (Å²) in [5, 5.41) is 0. The Hall–Kier alpha value is -2.56. The lowest BCUT2D eigenvalue weighted by Gasteiger charge is -2.10. The molecule has 2 rings (SSSR count). The van der Waals surface area contributed by atoms with Crippen molar-refractivity contribution >= 4 is 23.2 Å². The van der Waals surface area contributed by atoms with Crippen molar-refractivity contribution in [3.8, 4) is 0 Å². The van der Waals surface area contributed by atoms with Crippen LogP contribution in [0.3, 0.4) is 0 Å². The minimum absolute atomic E-state index is 0.0933. The highest BCUT2D eigenvalue weighted by atomic mass is 19.1. The first-order chi connectivity index (χ1) is 11.8. The Kier molecular flexibility index (Phi) is 6.02. The molecule has 4 nitrogen and oxygen atoms in total. The largest absolute Gasteiger partial charge is 0.441 e. The minimum atomic E-state index is -0.361. The van der Waals surface area contributed by atoms with Gasteiger partial charge in [-0.3, -0.25) is 9.59 Å². The smallest absolute Gasteiger partial charge is 0.195 e. The molecule has 0 saturated heterocycles. The number of hydrogen-bond acceptors (Lipinski definition) is 4. The summed E-state index contributed by atoms with van der Waals surface area (Å²) in [6, 6.07) is 4.24. The van der Waals surface area contributed by atoms with Crippen LogP contribution in [0, 0.1) is 5.82 Å². The monoisotopic (exact) mass is 343 g/mol. The average molecular weight is 343 g/mol. The van der Waals surface area contributed by atoms with Gasteiger partial charge >= 0.3 is 0 Å². The van der Waals surface area contributed by atoms with Crippen LogP contribution in [0.25, 0.3) is 11.1 Å².